The van der Waals surface area contributed by atoms with Crippen molar-refractivity contribution in [3.63, 3.8) is 0 Å². The summed E-state index contributed by atoms with van der Waals surface area (Å²) in [6.07, 6.45) is 0. The number of anilines is 1. The van der Waals surface area contributed by atoms with Gasteiger partial charge < -0.3 is 9.73 Å². The number of hydrogen-bond donors (Lipinski definition) is 2. The summed E-state index contributed by atoms with van der Waals surface area (Å²) >= 11 is 0. The summed E-state index contributed by atoms with van der Waals surface area (Å²) in [6.45, 7) is 4.93. The van der Waals surface area contributed by atoms with Crippen molar-refractivity contribution in [3.05, 3.63) is 47.9 Å². The Hall–Kier alpha value is -1.79. The zero-order valence-electron chi connectivity index (χ0n) is 11.5. The maximum atomic E-state index is 12.3. The van der Waals surface area contributed by atoms with Crippen LogP contribution in [0.3, 0.4) is 0 Å². The Morgan fingerprint density at radius 3 is 2.55 bits per heavy atom. The Labute approximate surface area is 119 Å². The first-order chi connectivity index (χ1) is 9.53. The lowest BCUT2D eigenvalue weighted by atomic mass is 10.3. The monoisotopic (exact) mass is 294 g/mol. The second-order valence-corrected chi connectivity index (χ2v) is 6.04. The van der Waals surface area contributed by atoms with Crippen LogP contribution in [0.15, 0.2) is 45.7 Å². The Bertz CT molecular complexity index is 663. The van der Waals surface area contributed by atoms with E-state index in [1.54, 1.807) is 37.3 Å². The highest BCUT2D eigenvalue weighted by Gasteiger charge is 2.21. The molecule has 0 bridgehead atoms. The van der Waals surface area contributed by atoms with Crippen molar-refractivity contribution >= 4 is 15.7 Å². The summed E-state index contributed by atoms with van der Waals surface area (Å²) in [7, 11) is -3.62. The van der Waals surface area contributed by atoms with E-state index in [0.29, 0.717) is 23.8 Å². The van der Waals surface area contributed by atoms with Gasteiger partial charge in [-0.3, -0.25) is 4.72 Å². The Morgan fingerprint density at radius 1 is 1.20 bits per heavy atom. The van der Waals surface area contributed by atoms with Crippen LogP contribution in [0.25, 0.3) is 0 Å². The molecule has 6 heteroatoms. The molecule has 0 amide bonds. The summed E-state index contributed by atoms with van der Waals surface area (Å²) < 4.78 is 32.6. The maximum absolute atomic E-state index is 12.3. The van der Waals surface area contributed by atoms with Gasteiger partial charge in [0.15, 0.2) is 0 Å². The molecule has 0 saturated heterocycles. The van der Waals surface area contributed by atoms with Crippen molar-refractivity contribution in [3.8, 4) is 0 Å². The van der Waals surface area contributed by atoms with E-state index in [4.69, 9.17) is 4.42 Å². The zero-order chi connectivity index (χ0) is 14.6. The second-order valence-electron chi connectivity index (χ2n) is 4.39. The van der Waals surface area contributed by atoms with Crippen molar-refractivity contribution in [2.24, 2.45) is 0 Å². The van der Waals surface area contributed by atoms with E-state index in [2.05, 4.69) is 10.0 Å². The van der Waals surface area contributed by atoms with Gasteiger partial charge in [-0.2, -0.15) is 0 Å². The standard InChI is InChI=1S/C14H18N2O3S/c1-3-15-10-13-9-14(11(2)19-13)20(17,18)16-12-7-5-4-6-8-12/h4-9,15-16H,3,10H2,1-2H3. The molecule has 0 saturated carbocycles. The molecular weight excluding hydrogens is 276 g/mol. The minimum atomic E-state index is -3.62. The minimum absolute atomic E-state index is 0.175. The van der Waals surface area contributed by atoms with E-state index in [0.717, 1.165) is 6.54 Å². The lowest BCUT2D eigenvalue weighted by molar-refractivity contribution is 0.460. The average Bonchev–Trinajstić information content (AvgIpc) is 2.79. The molecular formula is C14H18N2O3S. The van der Waals surface area contributed by atoms with Crippen LogP contribution in [0, 0.1) is 6.92 Å². The molecule has 108 valence electrons. The Kier molecular flexibility index (Phi) is 4.46. The van der Waals surface area contributed by atoms with Gasteiger partial charge in [0, 0.05) is 11.8 Å². The fourth-order valence-electron chi connectivity index (χ4n) is 1.84. The van der Waals surface area contributed by atoms with Crippen LogP contribution in [-0.4, -0.2) is 15.0 Å². The molecule has 5 nitrogen and oxygen atoms in total. The topological polar surface area (TPSA) is 71.3 Å². The van der Waals surface area contributed by atoms with E-state index in [9.17, 15) is 8.42 Å². The van der Waals surface area contributed by atoms with E-state index < -0.39 is 10.0 Å². The first kappa shape index (κ1) is 14.6. The predicted molar refractivity (Wildman–Crippen MR) is 78.1 cm³/mol. The lowest BCUT2D eigenvalue weighted by Crippen LogP contribution is -2.13. The van der Waals surface area contributed by atoms with Crippen molar-refractivity contribution in [2.75, 3.05) is 11.3 Å². The summed E-state index contributed by atoms with van der Waals surface area (Å²) in [5.41, 5.74) is 0.529. The van der Waals surface area contributed by atoms with Crippen LogP contribution >= 0.6 is 0 Å². The van der Waals surface area contributed by atoms with Gasteiger partial charge in [-0.05, 0) is 25.6 Å². The summed E-state index contributed by atoms with van der Waals surface area (Å²) in [5, 5.41) is 3.10. The SMILES string of the molecule is CCNCc1cc(S(=O)(=O)Nc2ccccc2)c(C)o1. The quantitative estimate of drug-likeness (QED) is 0.858. The summed E-state index contributed by atoms with van der Waals surface area (Å²) in [5.74, 6) is 0.999. The fourth-order valence-corrected chi connectivity index (χ4v) is 3.11. The second kappa shape index (κ2) is 6.11. The lowest BCUT2D eigenvalue weighted by Gasteiger charge is -2.06. The van der Waals surface area contributed by atoms with Crippen LogP contribution in [0.2, 0.25) is 0 Å². The molecule has 2 N–H and O–H groups in total. The van der Waals surface area contributed by atoms with Crippen molar-refractivity contribution < 1.29 is 12.8 Å². The molecule has 0 aliphatic rings. The largest absolute Gasteiger partial charge is 0.464 e. The maximum Gasteiger partial charge on any atom is 0.265 e. The van der Waals surface area contributed by atoms with E-state index in [-0.39, 0.29) is 4.90 Å². The molecule has 1 aromatic carbocycles. The van der Waals surface area contributed by atoms with E-state index in [1.807, 2.05) is 13.0 Å². The first-order valence-electron chi connectivity index (χ1n) is 6.41. The van der Waals surface area contributed by atoms with E-state index in [1.165, 1.54) is 0 Å². The van der Waals surface area contributed by atoms with Gasteiger partial charge in [0.05, 0.1) is 6.54 Å². The van der Waals surface area contributed by atoms with Crippen molar-refractivity contribution in [1.29, 1.82) is 0 Å². The molecule has 20 heavy (non-hydrogen) atoms. The number of aryl methyl sites for hydroxylation is 1. The molecule has 0 unspecified atom stereocenters. The molecule has 0 radical (unpaired) electrons. The molecule has 2 rings (SSSR count). The highest BCUT2D eigenvalue weighted by Crippen LogP contribution is 2.22. The molecule has 0 atom stereocenters. The average molecular weight is 294 g/mol. The fraction of sp³-hybridized carbons (Fsp3) is 0.286. The zero-order valence-corrected chi connectivity index (χ0v) is 12.3. The number of hydrogen-bond acceptors (Lipinski definition) is 4. The van der Waals surface area contributed by atoms with Gasteiger partial charge in [0.1, 0.15) is 16.4 Å². The van der Waals surface area contributed by atoms with Gasteiger partial charge >= 0.3 is 0 Å². The molecule has 2 aromatic rings. The van der Waals surface area contributed by atoms with Gasteiger partial charge in [-0.15, -0.1) is 0 Å². The van der Waals surface area contributed by atoms with Crippen LogP contribution in [0.1, 0.15) is 18.4 Å². The smallest absolute Gasteiger partial charge is 0.265 e. The van der Waals surface area contributed by atoms with Crippen molar-refractivity contribution in [2.45, 2.75) is 25.3 Å². The third-order valence-electron chi connectivity index (χ3n) is 2.79. The number of para-hydroxylation sites is 1. The molecule has 0 aliphatic carbocycles. The number of sulfonamides is 1. The van der Waals surface area contributed by atoms with E-state index >= 15 is 0 Å². The molecule has 1 aromatic heterocycles. The first-order valence-corrected chi connectivity index (χ1v) is 7.89. The normalized spacial score (nSPS) is 11.5. The Morgan fingerprint density at radius 2 is 1.90 bits per heavy atom. The van der Waals surface area contributed by atoms with Crippen LogP contribution in [0.5, 0.6) is 0 Å². The van der Waals surface area contributed by atoms with Crippen LogP contribution in [-0.2, 0) is 16.6 Å². The number of benzene rings is 1. The predicted octanol–water partition coefficient (Wildman–Crippen LogP) is 2.50. The molecule has 1 heterocycles. The van der Waals surface area contributed by atoms with Crippen molar-refractivity contribution in [1.82, 2.24) is 5.32 Å². The third kappa shape index (κ3) is 3.40. The summed E-state index contributed by atoms with van der Waals surface area (Å²) in [4.78, 5) is 0.175. The highest BCUT2D eigenvalue weighted by atomic mass is 32.2. The molecule has 0 fully saturated rings. The molecule has 0 aliphatic heterocycles. The highest BCUT2D eigenvalue weighted by molar-refractivity contribution is 7.92. The Balaban J connectivity index is 2.23. The minimum Gasteiger partial charge on any atom is -0.464 e. The van der Waals surface area contributed by atoms with Gasteiger partial charge in [-0.25, -0.2) is 8.42 Å². The molecule has 0 spiro atoms. The summed E-state index contributed by atoms with van der Waals surface area (Å²) in [6, 6.07) is 10.3. The number of nitrogens with one attached hydrogen (secondary N) is 2. The van der Waals surface area contributed by atoms with Gasteiger partial charge in [0.2, 0.25) is 0 Å². The van der Waals surface area contributed by atoms with Gasteiger partial charge in [-0.1, -0.05) is 25.1 Å². The third-order valence-corrected chi connectivity index (χ3v) is 4.28. The van der Waals surface area contributed by atoms with Gasteiger partial charge in [0.25, 0.3) is 10.0 Å². The van der Waals surface area contributed by atoms with Crippen LogP contribution in [0.4, 0.5) is 5.69 Å². The van der Waals surface area contributed by atoms with Crippen LogP contribution < -0.4 is 10.0 Å². The number of rotatable bonds is 6. The number of furan rings is 1.